The molecule has 2 rings (SSSR count). The molecular weight excluding hydrogens is 333 g/mol. The number of carbonyl (C=O) groups is 1. The zero-order chi connectivity index (χ0) is 16.3. The number of rotatable bonds is 4. The van der Waals surface area contributed by atoms with Gasteiger partial charge in [0.2, 0.25) is 11.9 Å². The summed E-state index contributed by atoms with van der Waals surface area (Å²) >= 11 is 11.9. The zero-order valence-corrected chi connectivity index (χ0v) is 12.9. The summed E-state index contributed by atoms with van der Waals surface area (Å²) in [6.07, 6.45) is 0. The number of esters is 1. The lowest BCUT2D eigenvalue weighted by Crippen LogP contribution is -2.11. The van der Waals surface area contributed by atoms with Crippen LogP contribution in [0.5, 0.6) is 5.75 Å². The van der Waals surface area contributed by atoms with Gasteiger partial charge in [-0.1, -0.05) is 23.2 Å². The second-order valence-electron chi connectivity index (χ2n) is 4.02. The van der Waals surface area contributed by atoms with Gasteiger partial charge in [0.1, 0.15) is 0 Å². The van der Waals surface area contributed by atoms with E-state index in [0.717, 1.165) is 0 Å². The number of nitrogen functional groups attached to an aromatic ring is 2. The summed E-state index contributed by atoms with van der Waals surface area (Å²) in [6.45, 7) is -0.225. The van der Waals surface area contributed by atoms with Crippen LogP contribution in [0.1, 0.15) is 16.2 Å². The highest BCUT2D eigenvalue weighted by Crippen LogP contribution is 2.34. The Kier molecular flexibility index (Phi) is 4.84. The Morgan fingerprint density at radius 2 is 1.68 bits per heavy atom. The summed E-state index contributed by atoms with van der Waals surface area (Å²) in [5.41, 5.74) is 11.0. The minimum Gasteiger partial charge on any atom is -0.494 e. The Bertz CT molecular complexity index is 683. The molecule has 116 valence electrons. The van der Waals surface area contributed by atoms with E-state index in [9.17, 15) is 4.79 Å². The Morgan fingerprint density at radius 3 is 2.18 bits per heavy atom. The molecule has 0 unspecified atom stereocenters. The first-order valence-corrected chi connectivity index (χ1v) is 6.62. The molecule has 0 spiro atoms. The molecule has 0 amide bonds. The first-order chi connectivity index (χ1) is 10.4. The van der Waals surface area contributed by atoms with Crippen LogP contribution in [0, 0.1) is 0 Å². The molecule has 10 heteroatoms. The maximum Gasteiger partial charge on any atom is 0.338 e. The molecule has 8 nitrogen and oxygen atoms in total. The standard InChI is InChI=1S/C12H11Cl2N5O3/c1-21-9-6(13)2-5(3-7(9)14)10(20)22-4-8-17-11(15)19-12(16)18-8/h2-3H,4H2,1H3,(H4,15,16,17,18,19). The normalized spacial score (nSPS) is 10.3. The van der Waals surface area contributed by atoms with E-state index in [2.05, 4.69) is 15.0 Å². The number of anilines is 2. The summed E-state index contributed by atoms with van der Waals surface area (Å²) in [5, 5.41) is 0.381. The molecule has 0 atom stereocenters. The van der Waals surface area contributed by atoms with Gasteiger partial charge in [-0.25, -0.2) is 4.79 Å². The van der Waals surface area contributed by atoms with Gasteiger partial charge in [-0.05, 0) is 12.1 Å². The van der Waals surface area contributed by atoms with E-state index in [0.29, 0.717) is 0 Å². The van der Waals surface area contributed by atoms with Gasteiger partial charge >= 0.3 is 5.97 Å². The van der Waals surface area contributed by atoms with Crippen molar-refractivity contribution in [3.63, 3.8) is 0 Å². The third kappa shape index (κ3) is 3.66. The second-order valence-corrected chi connectivity index (χ2v) is 4.83. The Labute approximate surface area is 135 Å². The largest absolute Gasteiger partial charge is 0.494 e. The first-order valence-electron chi connectivity index (χ1n) is 5.86. The van der Waals surface area contributed by atoms with Gasteiger partial charge in [0, 0.05) is 0 Å². The van der Waals surface area contributed by atoms with Crippen molar-refractivity contribution in [2.24, 2.45) is 0 Å². The van der Waals surface area contributed by atoms with Gasteiger partial charge in [0.05, 0.1) is 22.7 Å². The quantitative estimate of drug-likeness (QED) is 0.803. The molecule has 0 radical (unpaired) electrons. The van der Waals surface area contributed by atoms with Crippen LogP contribution >= 0.6 is 23.2 Å². The summed E-state index contributed by atoms with van der Waals surface area (Å²) in [4.78, 5) is 23.2. The lowest BCUT2D eigenvalue weighted by molar-refractivity contribution is 0.0462. The number of nitrogens with two attached hydrogens (primary N) is 2. The highest BCUT2D eigenvalue weighted by molar-refractivity contribution is 6.37. The lowest BCUT2D eigenvalue weighted by atomic mass is 10.2. The number of ether oxygens (including phenoxy) is 2. The molecule has 2 aromatic rings. The van der Waals surface area contributed by atoms with Crippen LogP contribution in [0.2, 0.25) is 10.0 Å². The van der Waals surface area contributed by atoms with Gasteiger partial charge < -0.3 is 20.9 Å². The molecule has 0 aliphatic heterocycles. The van der Waals surface area contributed by atoms with Gasteiger partial charge in [-0.3, -0.25) is 0 Å². The fourth-order valence-corrected chi connectivity index (χ4v) is 2.25. The van der Waals surface area contributed by atoms with Crippen molar-refractivity contribution < 1.29 is 14.3 Å². The van der Waals surface area contributed by atoms with Crippen LogP contribution in [0.25, 0.3) is 0 Å². The van der Waals surface area contributed by atoms with Crippen molar-refractivity contribution in [3.8, 4) is 5.75 Å². The van der Waals surface area contributed by atoms with E-state index in [1.807, 2.05) is 0 Å². The number of methoxy groups -OCH3 is 1. The highest BCUT2D eigenvalue weighted by atomic mass is 35.5. The smallest absolute Gasteiger partial charge is 0.338 e. The van der Waals surface area contributed by atoms with Crippen molar-refractivity contribution in [1.82, 2.24) is 15.0 Å². The molecule has 0 aliphatic rings. The summed E-state index contributed by atoms with van der Waals surface area (Å²) < 4.78 is 10.0. The van der Waals surface area contributed by atoms with Crippen LogP contribution in [0.3, 0.4) is 0 Å². The number of halogens is 2. The zero-order valence-electron chi connectivity index (χ0n) is 11.3. The monoisotopic (exact) mass is 343 g/mol. The molecule has 1 aromatic carbocycles. The number of hydrogen-bond donors (Lipinski definition) is 2. The second kappa shape index (κ2) is 6.63. The van der Waals surface area contributed by atoms with E-state index in [1.165, 1.54) is 19.2 Å². The lowest BCUT2D eigenvalue weighted by Gasteiger charge is -2.09. The average molecular weight is 344 g/mol. The fraction of sp³-hybridized carbons (Fsp3) is 0.167. The van der Waals surface area contributed by atoms with Gasteiger partial charge in [-0.15, -0.1) is 0 Å². The highest BCUT2D eigenvalue weighted by Gasteiger charge is 2.15. The van der Waals surface area contributed by atoms with Crippen LogP contribution in [0.15, 0.2) is 12.1 Å². The molecule has 0 bridgehead atoms. The number of hydrogen-bond acceptors (Lipinski definition) is 8. The van der Waals surface area contributed by atoms with Crippen molar-refractivity contribution in [2.75, 3.05) is 18.6 Å². The van der Waals surface area contributed by atoms with Crippen LogP contribution in [-0.2, 0) is 11.3 Å². The predicted molar refractivity (Wildman–Crippen MR) is 80.8 cm³/mol. The third-order valence-electron chi connectivity index (χ3n) is 2.49. The van der Waals surface area contributed by atoms with Gasteiger partial charge in [-0.2, -0.15) is 15.0 Å². The fourth-order valence-electron chi connectivity index (χ4n) is 1.61. The molecule has 0 saturated carbocycles. The Hall–Kier alpha value is -2.32. The number of carbonyl (C=O) groups excluding carboxylic acids is 1. The molecule has 1 aromatic heterocycles. The van der Waals surface area contributed by atoms with Crippen molar-refractivity contribution in [3.05, 3.63) is 33.6 Å². The molecule has 0 fully saturated rings. The van der Waals surface area contributed by atoms with E-state index < -0.39 is 5.97 Å². The molecule has 1 heterocycles. The van der Waals surface area contributed by atoms with Gasteiger partial charge in [0.25, 0.3) is 0 Å². The molecule has 4 N–H and O–H groups in total. The van der Waals surface area contributed by atoms with Crippen molar-refractivity contribution in [1.29, 1.82) is 0 Å². The van der Waals surface area contributed by atoms with E-state index >= 15 is 0 Å². The van der Waals surface area contributed by atoms with Crippen LogP contribution in [0.4, 0.5) is 11.9 Å². The van der Waals surface area contributed by atoms with Crippen molar-refractivity contribution >= 4 is 41.1 Å². The molecule has 0 saturated heterocycles. The minimum atomic E-state index is -0.663. The summed E-state index contributed by atoms with van der Waals surface area (Å²) in [6, 6.07) is 2.76. The Balaban J connectivity index is 2.12. The topological polar surface area (TPSA) is 126 Å². The maximum absolute atomic E-state index is 12.0. The predicted octanol–water partition coefficient (Wildman–Crippen LogP) is 1.71. The Morgan fingerprint density at radius 1 is 1.14 bits per heavy atom. The van der Waals surface area contributed by atoms with Crippen LogP contribution in [-0.4, -0.2) is 28.0 Å². The van der Waals surface area contributed by atoms with Crippen molar-refractivity contribution in [2.45, 2.75) is 6.61 Å². The maximum atomic E-state index is 12.0. The van der Waals surface area contributed by atoms with Gasteiger partial charge in [0.15, 0.2) is 18.2 Å². The summed E-state index contributed by atoms with van der Waals surface area (Å²) in [5.74, 6) is -0.380. The minimum absolute atomic E-state index is 0.0610. The average Bonchev–Trinajstić information content (AvgIpc) is 2.43. The SMILES string of the molecule is COc1c(Cl)cc(C(=O)OCc2nc(N)nc(N)n2)cc1Cl. The number of nitrogens with zero attached hydrogens (tertiary/aromatic N) is 3. The van der Waals surface area contributed by atoms with Crippen LogP contribution < -0.4 is 16.2 Å². The third-order valence-corrected chi connectivity index (χ3v) is 3.05. The molecule has 0 aliphatic carbocycles. The van der Waals surface area contributed by atoms with E-state index in [4.69, 9.17) is 44.1 Å². The molecule has 22 heavy (non-hydrogen) atoms. The van der Waals surface area contributed by atoms with E-state index in [1.54, 1.807) is 0 Å². The molecular formula is C12H11Cl2N5O3. The summed E-state index contributed by atoms with van der Waals surface area (Å²) in [7, 11) is 1.42. The number of aromatic nitrogens is 3. The number of benzene rings is 1. The first kappa shape index (κ1) is 16.1. The van der Waals surface area contributed by atoms with E-state index in [-0.39, 0.29) is 45.7 Å².